The summed E-state index contributed by atoms with van der Waals surface area (Å²) in [5.74, 6) is 2.36. The fraction of sp³-hybridized carbons (Fsp3) is 0.500. The monoisotopic (exact) mass is 448 g/mol. The Morgan fingerprint density at radius 2 is 1.40 bits per heavy atom. The third-order valence-electron chi connectivity index (χ3n) is 6.43. The van der Waals surface area contributed by atoms with Crippen molar-refractivity contribution in [3.63, 3.8) is 0 Å². The van der Waals surface area contributed by atoms with Gasteiger partial charge in [0.05, 0.1) is 0 Å². The average Bonchev–Trinajstić information content (AvgIpc) is 2.84. The zero-order valence-electron chi connectivity index (χ0n) is 15.1. The van der Waals surface area contributed by atoms with Crippen molar-refractivity contribution < 1.29 is 57.7 Å². The number of benzene rings is 1. The van der Waals surface area contributed by atoms with Crippen LogP contribution in [0.4, 0.5) is 0 Å². The number of halogens is 3. The van der Waals surface area contributed by atoms with Crippen molar-refractivity contribution in [3.8, 4) is 0 Å². The summed E-state index contributed by atoms with van der Waals surface area (Å²) < 4.78 is 0.810. The van der Waals surface area contributed by atoms with E-state index in [0.717, 1.165) is 27.5 Å². The van der Waals surface area contributed by atoms with E-state index in [1.807, 2.05) is 0 Å². The van der Waals surface area contributed by atoms with E-state index in [9.17, 15) is 0 Å². The summed E-state index contributed by atoms with van der Waals surface area (Å²) in [5.41, 5.74) is 0.881. The molecule has 5 unspecified atom stereocenters. The fourth-order valence-electron chi connectivity index (χ4n) is 5.25. The molecule has 5 heteroatoms. The van der Waals surface area contributed by atoms with Crippen LogP contribution in [0.2, 0.25) is 21.9 Å². The Hall–Kier alpha value is 0.501. The number of fused-ring (bicyclic) bond motifs is 1. The van der Waals surface area contributed by atoms with Crippen molar-refractivity contribution in [2.24, 2.45) is 17.8 Å². The Balaban J connectivity index is 0.00000192. The normalized spacial score (nSPS) is 29.9. The topological polar surface area (TPSA) is 0 Å². The van der Waals surface area contributed by atoms with Crippen LogP contribution in [-0.4, -0.2) is 8.07 Å². The van der Waals surface area contributed by atoms with Gasteiger partial charge in [0, 0.05) is 0 Å². The largest absolute Gasteiger partial charge is 1.00 e. The maximum absolute atomic E-state index is 2.53. The molecule has 0 N–H and O–H groups in total. The summed E-state index contributed by atoms with van der Waals surface area (Å²) in [6.45, 7) is 7.44. The Labute approximate surface area is 185 Å². The second kappa shape index (κ2) is 10.7. The summed E-state index contributed by atoms with van der Waals surface area (Å²) in [5, 5.41) is 1.69. The molecule has 0 nitrogen and oxygen atoms in total. The average molecular weight is 450 g/mol. The first-order chi connectivity index (χ1) is 10.7. The Morgan fingerprint density at radius 3 is 1.92 bits per heavy atom. The van der Waals surface area contributed by atoms with Crippen LogP contribution < -0.4 is 42.4 Å². The quantitative estimate of drug-likeness (QED) is 0.413. The van der Waals surface area contributed by atoms with Crippen molar-refractivity contribution in [3.05, 3.63) is 54.6 Å². The van der Waals surface area contributed by atoms with Gasteiger partial charge < -0.3 is 37.2 Å². The molecule has 1 aromatic carbocycles. The molecule has 0 aliphatic heterocycles. The molecule has 0 amide bonds. The molecule has 1 fully saturated rings. The fourth-order valence-corrected chi connectivity index (χ4v) is 12.2. The molecule has 0 aromatic heterocycles. The van der Waals surface area contributed by atoms with E-state index in [4.69, 9.17) is 0 Å². The van der Waals surface area contributed by atoms with Gasteiger partial charge in [-0.05, 0) is 0 Å². The summed E-state index contributed by atoms with van der Waals surface area (Å²) >= 11 is 2.49. The Bertz CT molecular complexity index is 572. The number of hydrogen-bond donors (Lipinski definition) is 0. The van der Waals surface area contributed by atoms with E-state index in [0.29, 0.717) is 0 Å². The summed E-state index contributed by atoms with van der Waals surface area (Å²) in [6, 6.07) is 14.3. The first-order valence-corrected chi connectivity index (χ1v) is 12.2. The Morgan fingerprint density at radius 1 is 0.880 bits per heavy atom. The van der Waals surface area contributed by atoms with E-state index in [1.54, 1.807) is 5.19 Å². The van der Waals surface area contributed by atoms with Crippen LogP contribution >= 0.6 is 0 Å². The standard InChI is InChI=1S/C20H27Si.3ClH.Ti/c1-4-21(5-2,18-12-7-6-8-13-18)20-16(3)15-17-11-9-10-14-19(17)20;;;;/h6-17,19-20H,4-5H2,1-3H3;3*1H;/q;;;;+3/p-3. The third kappa shape index (κ3) is 4.33. The maximum Gasteiger partial charge on any atom is -1.00 e. The minimum Gasteiger partial charge on any atom is -1.00 e. The molecule has 25 heavy (non-hydrogen) atoms. The van der Waals surface area contributed by atoms with Crippen molar-refractivity contribution >= 4 is 13.3 Å². The number of allylic oxidation sites excluding steroid dienone is 4. The van der Waals surface area contributed by atoms with Crippen LogP contribution in [-0.2, 0) is 20.4 Å². The molecule has 136 valence electrons. The summed E-state index contributed by atoms with van der Waals surface area (Å²) in [6.07, 6.45) is 9.59. The van der Waals surface area contributed by atoms with Crippen LogP contribution in [0.25, 0.3) is 0 Å². The molecule has 1 aromatic rings. The van der Waals surface area contributed by atoms with Gasteiger partial charge in [-0.2, -0.15) is 0 Å². The SMILES string of the molecule is CC[Si](CC)(c1ccccc1)C1C(C)[CH]([Ti+3])C2C=CC=CC21.[Cl-].[Cl-].[Cl-]. The van der Waals surface area contributed by atoms with E-state index in [2.05, 4.69) is 95.8 Å². The molecule has 3 rings (SSSR count). The molecule has 5 atom stereocenters. The van der Waals surface area contributed by atoms with Gasteiger partial charge >= 0.3 is 149 Å². The van der Waals surface area contributed by atoms with Crippen molar-refractivity contribution in [1.29, 1.82) is 0 Å². The van der Waals surface area contributed by atoms with Gasteiger partial charge in [0.1, 0.15) is 0 Å². The summed E-state index contributed by atoms with van der Waals surface area (Å²) in [7, 11) is -1.48. The molecule has 0 bridgehead atoms. The second-order valence-corrected chi connectivity index (χ2v) is 13.1. The van der Waals surface area contributed by atoms with E-state index in [1.165, 1.54) is 12.1 Å². The molecule has 2 aliphatic rings. The van der Waals surface area contributed by atoms with E-state index < -0.39 is 8.07 Å². The van der Waals surface area contributed by atoms with E-state index in [-0.39, 0.29) is 37.2 Å². The summed E-state index contributed by atoms with van der Waals surface area (Å²) in [4.78, 5) is 0. The molecule has 2 aliphatic carbocycles. The van der Waals surface area contributed by atoms with Gasteiger partial charge in [-0.3, -0.25) is 0 Å². The molecule has 0 saturated heterocycles. The van der Waals surface area contributed by atoms with Crippen LogP contribution in [0.1, 0.15) is 20.8 Å². The first-order valence-electron chi connectivity index (χ1n) is 8.77. The smallest absolute Gasteiger partial charge is 1.00 e. The second-order valence-electron chi connectivity index (χ2n) is 7.06. The van der Waals surface area contributed by atoms with Gasteiger partial charge in [-0.1, -0.05) is 0 Å². The first kappa shape index (κ1) is 25.5. The molecule has 0 heterocycles. The molecular formula is C20H27Cl3SiTi. The molecule has 0 spiro atoms. The minimum atomic E-state index is -1.48. The zero-order chi connectivity index (χ0) is 15.7. The van der Waals surface area contributed by atoms with Crippen molar-refractivity contribution in [2.45, 2.75) is 42.6 Å². The van der Waals surface area contributed by atoms with Crippen LogP contribution in [0, 0.1) is 17.8 Å². The van der Waals surface area contributed by atoms with Gasteiger partial charge in [-0.25, -0.2) is 0 Å². The molecule has 1 saturated carbocycles. The predicted octanol–water partition coefficient (Wildman–Crippen LogP) is -3.89. The van der Waals surface area contributed by atoms with E-state index >= 15 is 0 Å². The minimum absolute atomic E-state index is 0. The van der Waals surface area contributed by atoms with Crippen molar-refractivity contribution in [1.82, 2.24) is 0 Å². The maximum atomic E-state index is 2.53. The van der Waals surface area contributed by atoms with Crippen LogP contribution in [0.3, 0.4) is 0 Å². The zero-order valence-corrected chi connectivity index (χ0v) is 20.0. The van der Waals surface area contributed by atoms with Gasteiger partial charge in [0.15, 0.2) is 0 Å². The Kier molecular flexibility index (Phi) is 11.0. The van der Waals surface area contributed by atoms with Gasteiger partial charge in [-0.15, -0.1) is 0 Å². The third-order valence-corrected chi connectivity index (χ3v) is 14.0. The number of hydrogen-bond acceptors (Lipinski definition) is 0. The predicted molar refractivity (Wildman–Crippen MR) is 94.7 cm³/mol. The number of rotatable bonds is 4. The molecule has 0 radical (unpaired) electrons. The van der Waals surface area contributed by atoms with Gasteiger partial charge in [0.25, 0.3) is 0 Å². The van der Waals surface area contributed by atoms with Crippen LogP contribution in [0.15, 0.2) is 54.6 Å². The van der Waals surface area contributed by atoms with Crippen LogP contribution in [0.5, 0.6) is 0 Å². The van der Waals surface area contributed by atoms with Crippen molar-refractivity contribution in [2.75, 3.05) is 0 Å². The van der Waals surface area contributed by atoms with Gasteiger partial charge in [0.2, 0.25) is 0 Å². The molecular weight excluding hydrogens is 423 g/mol.